The third kappa shape index (κ3) is 9.27. The Bertz CT molecular complexity index is 1720. The van der Waals surface area contributed by atoms with Gasteiger partial charge in [-0.2, -0.15) is 0 Å². The van der Waals surface area contributed by atoms with E-state index in [2.05, 4.69) is 29.8 Å². The van der Waals surface area contributed by atoms with Crippen LogP contribution in [0, 0.1) is 25.7 Å². The van der Waals surface area contributed by atoms with Crippen molar-refractivity contribution in [3.63, 3.8) is 0 Å². The molecule has 1 unspecified atom stereocenters. The molecule has 242 valence electrons. The molecule has 3 aliphatic rings. The minimum Gasteiger partial charge on any atom is -0.744 e. The first-order chi connectivity index (χ1) is 20.8. The van der Waals surface area contributed by atoms with E-state index in [9.17, 15) is 31.0 Å². The molecule has 0 amide bonds. The maximum atomic E-state index is 11.1. The van der Waals surface area contributed by atoms with E-state index in [0.717, 1.165) is 40.6 Å². The van der Waals surface area contributed by atoms with Crippen LogP contribution >= 0.6 is 0 Å². The second kappa shape index (κ2) is 15.2. The van der Waals surface area contributed by atoms with Gasteiger partial charge in [-0.15, -0.1) is 6.58 Å². The number of H-pyrrole nitrogens is 1. The van der Waals surface area contributed by atoms with Crippen LogP contribution in [-0.2, 0) is 20.2 Å². The van der Waals surface area contributed by atoms with Crippen molar-refractivity contribution in [1.82, 2.24) is 0 Å². The van der Waals surface area contributed by atoms with E-state index < -0.39 is 20.2 Å². The number of quaternary nitrogens is 1. The van der Waals surface area contributed by atoms with Gasteiger partial charge in [0.05, 0.1) is 28.3 Å². The number of aliphatic hydroxyl groups is 1. The Hall–Kier alpha value is -3.49. The molecule has 10 nitrogen and oxygen atoms in total. The third-order valence-electron chi connectivity index (χ3n) is 8.38. The number of benzene rings is 3. The van der Waals surface area contributed by atoms with Gasteiger partial charge in [0.1, 0.15) is 32.4 Å². The van der Waals surface area contributed by atoms with Crippen molar-refractivity contribution < 1.29 is 46.4 Å². The van der Waals surface area contributed by atoms with Crippen LogP contribution < -0.4 is 9.88 Å². The maximum Gasteiger partial charge on any atom is 0.211 e. The van der Waals surface area contributed by atoms with Crippen LogP contribution in [0.4, 0.5) is 0 Å². The van der Waals surface area contributed by atoms with Gasteiger partial charge in [0, 0.05) is 36.5 Å². The minimum absolute atomic E-state index is 0. The van der Waals surface area contributed by atoms with Crippen molar-refractivity contribution in [2.45, 2.75) is 48.6 Å². The van der Waals surface area contributed by atoms with E-state index in [0.29, 0.717) is 17.9 Å². The van der Waals surface area contributed by atoms with E-state index in [4.69, 9.17) is 0 Å². The molecule has 0 spiro atoms. The van der Waals surface area contributed by atoms with Crippen molar-refractivity contribution in [2.75, 3.05) is 13.1 Å². The molecule has 12 heteroatoms. The minimum atomic E-state index is -4.27. The Morgan fingerprint density at radius 1 is 0.889 bits per heavy atom. The first-order valence-corrected chi connectivity index (χ1v) is 17.2. The van der Waals surface area contributed by atoms with Crippen molar-refractivity contribution in [3.8, 4) is 0 Å². The van der Waals surface area contributed by atoms with Gasteiger partial charge in [-0.1, -0.05) is 53.6 Å². The molecule has 3 fully saturated rings. The fourth-order valence-corrected chi connectivity index (χ4v) is 6.90. The highest BCUT2D eigenvalue weighted by Crippen LogP contribution is 2.33. The number of nitrogens with one attached hydrogen (secondary N) is 2. The number of aromatic nitrogens is 1. The normalized spacial score (nSPS) is 21.3. The number of para-hydroxylation sites is 1. The summed E-state index contributed by atoms with van der Waals surface area (Å²) >= 11 is 0. The van der Waals surface area contributed by atoms with Crippen LogP contribution in [0.3, 0.4) is 0 Å². The Balaban J connectivity index is 0.000000204. The smallest absolute Gasteiger partial charge is 0.211 e. The summed E-state index contributed by atoms with van der Waals surface area (Å²) in [6, 6.07) is 22.2. The average molecular weight is 657 g/mol. The quantitative estimate of drug-likeness (QED) is 0.243. The fraction of sp³-hybridized carbons (Fsp3) is 0.303. The summed E-state index contributed by atoms with van der Waals surface area (Å²) in [5.74, 6) is 1.34. The molecule has 0 saturated carbocycles. The van der Waals surface area contributed by atoms with Crippen LogP contribution in [0.25, 0.3) is 10.9 Å². The molecule has 3 saturated heterocycles. The zero-order valence-electron chi connectivity index (χ0n) is 25.2. The summed E-state index contributed by atoms with van der Waals surface area (Å²) < 4.78 is 62.3. The molecule has 5 atom stereocenters. The number of hydrogen-bond donors (Lipinski definition) is 2. The Labute approximate surface area is 264 Å². The molecule has 1 aromatic heterocycles. The Kier molecular flexibility index (Phi) is 12.2. The predicted octanol–water partition coefficient (Wildman–Crippen LogP) is 2.14. The number of hydrogen-bond acceptors (Lipinski definition) is 7. The van der Waals surface area contributed by atoms with Gasteiger partial charge < -0.3 is 24.6 Å². The topological polar surface area (TPSA) is 185 Å². The zero-order chi connectivity index (χ0) is 32.1. The van der Waals surface area contributed by atoms with Gasteiger partial charge in [-0.3, -0.25) is 0 Å². The second-order valence-corrected chi connectivity index (χ2v) is 14.1. The van der Waals surface area contributed by atoms with Crippen molar-refractivity contribution in [2.24, 2.45) is 11.8 Å². The molecular weight excluding hydrogens is 617 g/mol. The molecule has 3 aliphatic heterocycles. The summed E-state index contributed by atoms with van der Waals surface area (Å²) in [5.41, 5.74) is 4.01. The molecular formula is C33H40N2O8S2. The predicted molar refractivity (Wildman–Crippen MR) is 168 cm³/mol. The zero-order valence-corrected chi connectivity index (χ0v) is 26.9. The molecule has 2 bridgehead atoms. The lowest BCUT2D eigenvalue weighted by Crippen LogP contribution is -3.20. The lowest BCUT2D eigenvalue weighted by atomic mass is 9.73. The SMILES string of the molecule is C=C[C@H]1C[NH+]2CC[C@H]1C[C@H]2[C@H](O)c1cc[nH+]c2ccccc12.Cc1ccc(S(=O)(=O)[O-])cc1.Cc1ccc(S(=O)(=O)[O-])cc1.O. The number of piperidine rings is 3. The van der Waals surface area contributed by atoms with Gasteiger partial charge >= 0.3 is 0 Å². The standard InChI is InChI=1S/C19H22N2O.2C7H8O3S.H2O/c1-2-13-12-21-10-8-14(13)11-18(21)19(22)16-7-9-20-17-6-4-3-5-15(16)17;2*1-6-2-4-7(5-3-6)11(8,9)10;/h2-7,9,13-14,18-19,22H,1,8,10-12H2;2*2-5H,1H3,(H,8,9,10);1H2/t13-,14-,18-,19+;;;/m0.../s1. The lowest BCUT2D eigenvalue weighted by molar-refractivity contribution is -0.949. The number of aryl methyl sites for hydroxylation is 2. The first-order valence-electron chi connectivity index (χ1n) is 14.4. The van der Waals surface area contributed by atoms with Gasteiger partial charge in [-0.25, -0.2) is 21.8 Å². The Morgan fingerprint density at radius 3 is 1.89 bits per heavy atom. The summed E-state index contributed by atoms with van der Waals surface area (Å²) in [6.45, 7) is 9.95. The molecule has 45 heavy (non-hydrogen) atoms. The Morgan fingerprint density at radius 2 is 1.42 bits per heavy atom. The van der Waals surface area contributed by atoms with E-state index >= 15 is 0 Å². The van der Waals surface area contributed by atoms with Crippen LogP contribution in [0.15, 0.2) is 108 Å². The summed E-state index contributed by atoms with van der Waals surface area (Å²) in [7, 11) is -8.54. The van der Waals surface area contributed by atoms with Crippen LogP contribution in [-0.4, -0.2) is 55.7 Å². The summed E-state index contributed by atoms with van der Waals surface area (Å²) in [6.07, 6.45) is 6.07. The highest BCUT2D eigenvalue weighted by Gasteiger charge is 2.45. The van der Waals surface area contributed by atoms with Crippen molar-refractivity contribution >= 4 is 31.1 Å². The number of rotatable bonds is 5. The molecule has 4 aromatic rings. The molecule has 3 aromatic carbocycles. The highest BCUT2D eigenvalue weighted by molar-refractivity contribution is 7.86. The van der Waals surface area contributed by atoms with Gasteiger partial charge in [0.2, 0.25) is 5.52 Å². The number of aromatic amines is 1. The van der Waals surface area contributed by atoms with Gasteiger partial charge in [0.25, 0.3) is 0 Å². The fourth-order valence-electron chi connectivity index (χ4n) is 5.96. The van der Waals surface area contributed by atoms with Crippen LogP contribution in [0.1, 0.15) is 35.6 Å². The van der Waals surface area contributed by atoms with Crippen LogP contribution in [0.5, 0.6) is 0 Å². The number of fused-ring (bicyclic) bond motifs is 4. The van der Waals surface area contributed by atoms with Crippen molar-refractivity contribution in [3.05, 3.63) is 114 Å². The lowest BCUT2D eigenvalue weighted by Gasteiger charge is -2.47. The van der Waals surface area contributed by atoms with Crippen molar-refractivity contribution in [1.29, 1.82) is 0 Å². The van der Waals surface area contributed by atoms with E-state index in [-0.39, 0.29) is 21.4 Å². The summed E-state index contributed by atoms with van der Waals surface area (Å²) in [5, 5.41) is 12.2. The maximum absolute atomic E-state index is 11.1. The molecule has 4 heterocycles. The molecule has 7 rings (SSSR count). The third-order valence-corrected chi connectivity index (χ3v) is 10.1. The number of pyridine rings is 1. The summed E-state index contributed by atoms with van der Waals surface area (Å²) in [4.78, 5) is 4.47. The first kappa shape index (κ1) is 36.0. The van der Waals surface area contributed by atoms with E-state index in [1.165, 1.54) is 37.2 Å². The van der Waals surface area contributed by atoms with E-state index in [1.54, 1.807) is 29.2 Å². The molecule has 5 N–H and O–H groups in total. The van der Waals surface area contributed by atoms with E-state index in [1.807, 2.05) is 38.2 Å². The molecule has 0 aliphatic carbocycles. The monoisotopic (exact) mass is 656 g/mol. The largest absolute Gasteiger partial charge is 0.744 e. The average Bonchev–Trinajstić information content (AvgIpc) is 3.00. The molecule has 0 radical (unpaired) electrons. The highest BCUT2D eigenvalue weighted by atomic mass is 32.2. The second-order valence-electron chi connectivity index (χ2n) is 11.4. The van der Waals surface area contributed by atoms with Gasteiger partial charge in [-0.05, 0) is 50.1 Å². The van der Waals surface area contributed by atoms with Gasteiger partial charge in [0.15, 0.2) is 6.20 Å². The number of aliphatic hydroxyl groups excluding tert-OH is 1. The van der Waals surface area contributed by atoms with Crippen LogP contribution in [0.2, 0.25) is 0 Å².